The van der Waals surface area contributed by atoms with Gasteiger partial charge in [0.15, 0.2) is 11.0 Å². The average Bonchev–Trinajstić information content (AvgIpc) is 3.41. The quantitative estimate of drug-likeness (QED) is 0.436. The Hall–Kier alpha value is -2.98. The fraction of sp³-hybridized carbons (Fsp3) is 0.200. The number of aryl methyl sites for hydroxylation is 2. The maximum absolute atomic E-state index is 13.1. The van der Waals surface area contributed by atoms with Crippen molar-refractivity contribution in [2.75, 3.05) is 5.32 Å². The van der Waals surface area contributed by atoms with Gasteiger partial charge in [-0.05, 0) is 19.9 Å². The highest BCUT2D eigenvalue weighted by molar-refractivity contribution is 7.19. The summed E-state index contributed by atoms with van der Waals surface area (Å²) >= 11 is 2.60. The van der Waals surface area contributed by atoms with E-state index in [0.717, 1.165) is 32.0 Å². The Morgan fingerprint density at radius 2 is 2.10 bits per heavy atom. The second kappa shape index (κ2) is 8.41. The lowest BCUT2D eigenvalue weighted by Gasteiger charge is -2.04. The van der Waals surface area contributed by atoms with E-state index in [4.69, 9.17) is 0 Å². The van der Waals surface area contributed by atoms with E-state index in [0.29, 0.717) is 21.4 Å². The molecule has 154 valence electrons. The number of carbonyl (C=O) groups is 1. The molecule has 0 fully saturated rings. The topological polar surface area (TPSA) is 72.7 Å². The van der Waals surface area contributed by atoms with Crippen LogP contribution < -0.4 is 5.32 Å². The second-order valence-corrected chi connectivity index (χ2v) is 8.46. The lowest BCUT2D eigenvalue weighted by atomic mass is 10.1. The fourth-order valence-corrected chi connectivity index (χ4v) is 4.73. The number of alkyl halides is 2. The number of aromatic nitrogens is 4. The molecule has 4 aromatic rings. The van der Waals surface area contributed by atoms with Crippen molar-refractivity contribution >= 4 is 33.7 Å². The van der Waals surface area contributed by atoms with Gasteiger partial charge >= 0.3 is 6.55 Å². The molecule has 0 aliphatic rings. The van der Waals surface area contributed by atoms with E-state index < -0.39 is 6.55 Å². The minimum Gasteiger partial charge on any atom is -0.302 e. The number of rotatable bonds is 6. The van der Waals surface area contributed by atoms with Crippen LogP contribution in [0, 0.1) is 13.8 Å². The molecule has 0 unspecified atom stereocenters. The summed E-state index contributed by atoms with van der Waals surface area (Å²) in [6.07, 6.45) is 2.63. The van der Waals surface area contributed by atoms with E-state index in [1.54, 1.807) is 6.92 Å². The van der Waals surface area contributed by atoms with Crippen LogP contribution in [-0.4, -0.2) is 25.4 Å². The highest BCUT2D eigenvalue weighted by Gasteiger charge is 2.19. The van der Waals surface area contributed by atoms with E-state index in [1.165, 1.54) is 23.7 Å². The van der Waals surface area contributed by atoms with Crippen molar-refractivity contribution in [1.29, 1.82) is 0 Å². The van der Waals surface area contributed by atoms with Crippen LogP contribution >= 0.6 is 22.7 Å². The van der Waals surface area contributed by atoms with Crippen molar-refractivity contribution < 1.29 is 13.6 Å². The molecule has 0 radical (unpaired) electrons. The SMILES string of the molecule is Cc1cccc(-c2nc(CC(=O)Nc3nc(C)c(-c4nccn4C(F)F)s3)cs2)c1. The maximum Gasteiger partial charge on any atom is 0.320 e. The van der Waals surface area contributed by atoms with Gasteiger partial charge < -0.3 is 5.32 Å². The molecule has 10 heteroatoms. The van der Waals surface area contributed by atoms with Gasteiger partial charge in [0.2, 0.25) is 5.91 Å². The van der Waals surface area contributed by atoms with Gasteiger partial charge in [-0.25, -0.2) is 15.0 Å². The van der Waals surface area contributed by atoms with Gasteiger partial charge in [-0.1, -0.05) is 35.1 Å². The number of thiazole rings is 2. The molecule has 0 spiro atoms. The summed E-state index contributed by atoms with van der Waals surface area (Å²) in [5.74, 6) is -0.142. The minimum atomic E-state index is -2.70. The predicted molar refractivity (Wildman–Crippen MR) is 114 cm³/mol. The van der Waals surface area contributed by atoms with Gasteiger partial charge in [0.1, 0.15) is 5.01 Å². The Kier molecular flexibility index (Phi) is 5.69. The Labute approximate surface area is 179 Å². The van der Waals surface area contributed by atoms with Crippen molar-refractivity contribution in [1.82, 2.24) is 19.5 Å². The van der Waals surface area contributed by atoms with Crippen LogP contribution in [0.1, 0.15) is 23.5 Å². The summed E-state index contributed by atoms with van der Waals surface area (Å²) in [6, 6.07) is 8.02. The zero-order valence-electron chi connectivity index (χ0n) is 16.1. The van der Waals surface area contributed by atoms with Gasteiger partial charge in [0, 0.05) is 23.3 Å². The molecule has 0 saturated heterocycles. The molecule has 3 aromatic heterocycles. The van der Waals surface area contributed by atoms with E-state index in [9.17, 15) is 13.6 Å². The van der Waals surface area contributed by atoms with Crippen molar-refractivity contribution in [3.8, 4) is 21.3 Å². The highest BCUT2D eigenvalue weighted by atomic mass is 32.1. The molecule has 0 saturated carbocycles. The number of nitrogens with zero attached hydrogens (tertiary/aromatic N) is 4. The Morgan fingerprint density at radius 3 is 2.87 bits per heavy atom. The van der Waals surface area contributed by atoms with Crippen LogP contribution in [0.25, 0.3) is 21.3 Å². The summed E-state index contributed by atoms with van der Waals surface area (Å²) in [6.45, 7) is 1.01. The summed E-state index contributed by atoms with van der Waals surface area (Å²) in [7, 11) is 0. The molecule has 30 heavy (non-hydrogen) atoms. The Bertz CT molecular complexity index is 1200. The van der Waals surface area contributed by atoms with Crippen molar-refractivity contribution in [2.45, 2.75) is 26.8 Å². The number of hydrogen-bond donors (Lipinski definition) is 1. The number of anilines is 1. The fourth-order valence-electron chi connectivity index (χ4n) is 2.93. The van der Waals surface area contributed by atoms with Crippen LogP contribution in [-0.2, 0) is 11.2 Å². The zero-order valence-corrected chi connectivity index (χ0v) is 17.7. The molecular formula is C20H17F2N5OS2. The van der Waals surface area contributed by atoms with Crippen LogP contribution in [0.4, 0.5) is 13.9 Å². The molecule has 0 aliphatic heterocycles. The molecular weight excluding hydrogens is 428 g/mol. The van der Waals surface area contributed by atoms with Crippen molar-refractivity contribution in [2.24, 2.45) is 0 Å². The lowest BCUT2D eigenvalue weighted by molar-refractivity contribution is -0.115. The van der Waals surface area contributed by atoms with Crippen LogP contribution in [0.5, 0.6) is 0 Å². The first-order valence-corrected chi connectivity index (χ1v) is 10.7. The van der Waals surface area contributed by atoms with Crippen LogP contribution in [0.3, 0.4) is 0 Å². The van der Waals surface area contributed by atoms with E-state index >= 15 is 0 Å². The summed E-state index contributed by atoms with van der Waals surface area (Å²) in [5.41, 5.74) is 3.35. The molecule has 0 bridgehead atoms. The molecule has 1 aromatic carbocycles. The first kappa shape index (κ1) is 20.3. The van der Waals surface area contributed by atoms with E-state index in [1.807, 2.05) is 36.6 Å². The van der Waals surface area contributed by atoms with Gasteiger partial charge in [-0.15, -0.1) is 11.3 Å². The standard InChI is InChI=1S/C20H17F2N5OS2/c1-11-4-3-5-13(8-11)18-25-14(10-29-18)9-15(28)26-20-24-12(2)16(30-20)17-23-6-7-27(17)19(21)22/h3-8,10,19H,9H2,1-2H3,(H,24,26,28). The molecule has 3 heterocycles. The van der Waals surface area contributed by atoms with E-state index in [2.05, 4.69) is 20.3 Å². The first-order valence-electron chi connectivity index (χ1n) is 9.01. The smallest absolute Gasteiger partial charge is 0.302 e. The number of nitrogens with one attached hydrogen (secondary N) is 1. The molecule has 1 amide bonds. The number of imidazole rings is 1. The largest absolute Gasteiger partial charge is 0.320 e. The van der Waals surface area contributed by atoms with Gasteiger partial charge in [0.25, 0.3) is 0 Å². The number of hydrogen-bond acceptors (Lipinski definition) is 6. The van der Waals surface area contributed by atoms with Gasteiger partial charge in [-0.3, -0.25) is 9.36 Å². The van der Waals surface area contributed by atoms with E-state index in [-0.39, 0.29) is 18.2 Å². The number of halogens is 2. The van der Waals surface area contributed by atoms with Crippen molar-refractivity contribution in [3.63, 3.8) is 0 Å². The third kappa shape index (κ3) is 4.29. The third-order valence-electron chi connectivity index (χ3n) is 4.28. The normalized spacial score (nSPS) is 11.2. The predicted octanol–water partition coefficient (Wildman–Crippen LogP) is 5.32. The molecule has 0 atom stereocenters. The third-order valence-corrected chi connectivity index (χ3v) is 6.29. The number of amides is 1. The average molecular weight is 446 g/mol. The van der Waals surface area contributed by atoms with Gasteiger partial charge in [-0.2, -0.15) is 8.78 Å². The first-order chi connectivity index (χ1) is 14.4. The summed E-state index contributed by atoms with van der Waals surface area (Å²) < 4.78 is 27.0. The molecule has 4 rings (SSSR count). The Balaban J connectivity index is 1.46. The number of carbonyl (C=O) groups excluding carboxylic acids is 1. The maximum atomic E-state index is 13.1. The highest BCUT2D eigenvalue weighted by Crippen LogP contribution is 2.33. The zero-order chi connectivity index (χ0) is 21.3. The minimum absolute atomic E-state index is 0.0991. The van der Waals surface area contributed by atoms with Gasteiger partial charge in [0.05, 0.1) is 22.7 Å². The summed E-state index contributed by atoms with van der Waals surface area (Å²) in [4.78, 5) is 25.8. The molecule has 1 N–H and O–H groups in total. The molecule has 6 nitrogen and oxygen atoms in total. The van der Waals surface area contributed by atoms with Crippen molar-refractivity contribution in [3.05, 3.63) is 59.0 Å². The second-order valence-electron chi connectivity index (χ2n) is 6.61. The van der Waals surface area contributed by atoms with Crippen LogP contribution in [0.2, 0.25) is 0 Å². The lowest BCUT2D eigenvalue weighted by Crippen LogP contribution is -2.14. The molecule has 0 aliphatic carbocycles. The van der Waals surface area contributed by atoms with Crippen LogP contribution in [0.15, 0.2) is 42.0 Å². The monoisotopic (exact) mass is 445 g/mol. The summed E-state index contributed by atoms with van der Waals surface area (Å²) in [5, 5.41) is 5.78. The Morgan fingerprint density at radius 1 is 1.27 bits per heavy atom. The number of benzene rings is 1.